The normalized spacial score (nSPS) is 12.0. The summed E-state index contributed by atoms with van der Waals surface area (Å²) in [7, 11) is -1.50. The zero-order valence-electron chi connectivity index (χ0n) is 9.67. The molecule has 0 radical (unpaired) electrons. The molecule has 1 N–H and O–H groups in total. The predicted molar refractivity (Wildman–Crippen MR) is 68.3 cm³/mol. The Morgan fingerprint density at radius 3 is 2.68 bits per heavy atom. The third-order valence-corrected chi connectivity index (χ3v) is 3.52. The van der Waals surface area contributed by atoms with E-state index in [9.17, 15) is 19.1 Å². The van der Waals surface area contributed by atoms with Crippen LogP contribution in [0.4, 0.5) is 5.69 Å². The lowest BCUT2D eigenvalue weighted by Gasteiger charge is -2.04. The minimum atomic E-state index is -1.50. The largest absolute Gasteiger partial charge is 0.359 e. The number of nitriles is 1. The Bertz CT molecular complexity index is 819. The van der Waals surface area contributed by atoms with Gasteiger partial charge >= 0.3 is 0 Å². The van der Waals surface area contributed by atoms with E-state index >= 15 is 0 Å². The standard InChI is InChI=1S/C11H7N3O4S/c1-19(18)9-3-7(14(16)17)2-8-10(9)13-5-6(4-12)11(8)15/h2-3,5H,1H3,(H,13,15)/t19-/m1/s1. The van der Waals surface area contributed by atoms with Crippen LogP contribution in [0.2, 0.25) is 0 Å². The maximum atomic E-state index is 11.9. The Balaban J connectivity index is 3.01. The van der Waals surface area contributed by atoms with E-state index in [1.165, 1.54) is 12.5 Å². The third kappa shape index (κ3) is 2.11. The number of aromatic amines is 1. The Morgan fingerprint density at radius 2 is 2.16 bits per heavy atom. The van der Waals surface area contributed by atoms with Crippen molar-refractivity contribution >= 4 is 27.4 Å². The molecule has 0 fully saturated rings. The molecule has 8 heteroatoms. The van der Waals surface area contributed by atoms with Crippen molar-refractivity contribution in [2.75, 3.05) is 6.26 Å². The van der Waals surface area contributed by atoms with Crippen molar-refractivity contribution in [3.63, 3.8) is 0 Å². The predicted octanol–water partition coefficient (Wildman–Crippen LogP) is 1.05. The summed E-state index contributed by atoms with van der Waals surface area (Å²) in [4.78, 5) is 24.9. The molecule has 2 aromatic rings. The first kappa shape index (κ1) is 12.9. The average molecular weight is 277 g/mol. The van der Waals surface area contributed by atoms with Crippen molar-refractivity contribution in [2.24, 2.45) is 0 Å². The summed E-state index contributed by atoms with van der Waals surface area (Å²) in [5, 5.41) is 19.6. The smallest absolute Gasteiger partial charge is 0.271 e. The molecule has 19 heavy (non-hydrogen) atoms. The van der Waals surface area contributed by atoms with Gasteiger partial charge in [0.2, 0.25) is 5.43 Å². The molecule has 1 heterocycles. The molecule has 0 saturated carbocycles. The van der Waals surface area contributed by atoms with Gasteiger partial charge in [-0.3, -0.25) is 19.1 Å². The number of nitrogens with one attached hydrogen (secondary N) is 1. The van der Waals surface area contributed by atoms with Crippen LogP contribution in [0.25, 0.3) is 10.9 Å². The molecule has 2 rings (SSSR count). The Kier molecular flexibility index (Phi) is 3.14. The van der Waals surface area contributed by atoms with E-state index < -0.39 is 21.2 Å². The zero-order chi connectivity index (χ0) is 14.2. The van der Waals surface area contributed by atoms with Gasteiger partial charge in [-0.25, -0.2) is 0 Å². The molecule has 1 atom stereocenters. The number of hydrogen-bond donors (Lipinski definition) is 1. The van der Waals surface area contributed by atoms with Crippen LogP contribution in [0.3, 0.4) is 0 Å². The fourth-order valence-electron chi connectivity index (χ4n) is 1.70. The van der Waals surface area contributed by atoms with Crippen molar-refractivity contribution in [1.82, 2.24) is 4.98 Å². The zero-order valence-corrected chi connectivity index (χ0v) is 10.5. The maximum absolute atomic E-state index is 11.9. The molecule has 1 aromatic carbocycles. The number of non-ortho nitro benzene ring substituents is 1. The van der Waals surface area contributed by atoms with Gasteiger partial charge in [-0.2, -0.15) is 5.26 Å². The highest BCUT2D eigenvalue weighted by Crippen LogP contribution is 2.24. The molecule has 0 bridgehead atoms. The SMILES string of the molecule is C[S@@](=O)c1cc([N+](=O)[O-])cc2c(=O)c(C#N)c[nH]c12. The average Bonchev–Trinajstić information content (AvgIpc) is 2.38. The summed E-state index contributed by atoms with van der Waals surface area (Å²) in [6.07, 6.45) is 2.56. The van der Waals surface area contributed by atoms with Gasteiger partial charge in [-0.1, -0.05) is 0 Å². The summed E-state index contributed by atoms with van der Waals surface area (Å²) in [6.45, 7) is 0. The highest BCUT2D eigenvalue weighted by Gasteiger charge is 2.17. The molecule has 0 amide bonds. The van der Waals surface area contributed by atoms with Crippen molar-refractivity contribution < 1.29 is 9.13 Å². The number of aromatic nitrogens is 1. The molecule has 0 spiro atoms. The fraction of sp³-hybridized carbons (Fsp3) is 0.0909. The fourth-order valence-corrected chi connectivity index (χ4v) is 2.44. The summed E-state index contributed by atoms with van der Waals surface area (Å²) >= 11 is 0. The third-order valence-electron chi connectivity index (χ3n) is 2.58. The van der Waals surface area contributed by atoms with Gasteiger partial charge in [0.1, 0.15) is 11.6 Å². The number of nitro groups is 1. The summed E-state index contributed by atoms with van der Waals surface area (Å²) in [5.41, 5.74) is -0.860. The highest BCUT2D eigenvalue weighted by molar-refractivity contribution is 7.84. The lowest BCUT2D eigenvalue weighted by Crippen LogP contribution is -2.09. The van der Waals surface area contributed by atoms with Gasteiger partial charge < -0.3 is 4.98 Å². The van der Waals surface area contributed by atoms with Crippen molar-refractivity contribution in [3.8, 4) is 6.07 Å². The van der Waals surface area contributed by atoms with E-state index in [-0.39, 0.29) is 27.0 Å². The number of benzene rings is 1. The van der Waals surface area contributed by atoms with Gasteiger partial charge in [0, 0.05) is 24.6 Å². The van der Waals surface area contributed by atoms with Crippen LogP contribution in [0.1, 0.15) is 5.56 Å². The van der Waals surface area contributed by atoms with Crippen LogP contribution < -0.4 is 5.43 Å². The molecule has 96 valence electrons. The van der Waals surface area contributed by atoms with Crippen LogP contribution in [0.15, 0.2) is 28.0 Å². The molecule has 0 aliphatic carbocycles. The molecule has 7 nitrogen and oxygen atoms in total. The van der Waals surface area contributed by atoms with Crippen LogP contribution >= 0.6 is 0 Å². The summed E-state index contributed by atoms with van der Waals surface area (Å²) in [6, 6.07) is 3.92. The second kappa shape index (κ2) is 4.62. The molecular weight excluding hydrogens is 270 g/mol. The minimum Gasteiger partial charge on any atom is -0.359 e. The van der Waals surface area contributed by atoms with E-state index in [0.29, 0.717) is 0 Å². The Hall–Kier alpha value is -2.53. The Labute approximate surface area is 109 Å². The topological polar surface area (TPSA) is 117 Å². The lowest BCUT2D eigenvalue weighted by molar-refractivity contribution is -0.384. The number of hydrogen-bond acceptors (Lipinski definition) is 5. The lowest BCUT2D eigenvalue weighted by atomic mass is 10.1. The summed E-state index contributed by atoms with van der Waals surface area (Å²) < 4.78 is 11.6. The van der Waals surface area contributed by atoms with Crippen LogP contribution in [0.5, 0.6) is 0 Å². The van der Waals surface area contributed by atoms with Gasteiger partial charge in [-0.15, -0.1) is 0 Å². The van der Waals surface area contributed by atoms with Crippen molar-refractivity contribution in [1.29, 1.82) is 5.26 Å². The van der Waals surface area contributed by atoms with Gasteiger partial charge in [0.25, 0.3) is 5.69 Å². The molecule has 0 unspecified atom stereocenters. The van der Waals surface area contributed by atoms with E-state index in [1.807, 2.05) is 0 Å². The molecule has 0 saturated heterocycles. The highest BCUT2D eigenvalue weighted by atomic mass is 32.2. The number of rotatable bonds is 2. The van der Waals surface area contributed by atoms with E-state index in [2.05, 4.69) is 4.98 Å². The van der Waals surface area contributed by atoms with E-state index in [4.69, 9.17) is 5.26 Å². The van der Waals surface area contributed by atoms with E-state index in [0.717, 1.165) is 12.1 Å². The minimum absolute atomic E-state index is 0.0153. The number of H-pyrrole nitrogens is 1. The van der Waals surface area contributed by atoms with Crippen LogP contribution in [-0.4, -0.2) is 20.4 Å². The van der Waals surface area contributed by atoms with Gasteiger partial charge in [-0.05, 0) is 0 Å². The maximum Gasteiger partial charge on any atom is 0.271 e. The first-order valence-electron chi connectivity index (χ1n) is 5.03. The number of fused-ring (bicyclic) bond motifs is 1. The molecule has 1 aromatic heterocycles. The quantitative estimate of drug-likeness (QED) is 0.650. The first-order chi connectivity index (χ1) is 8.95. The van der Waals surface area contributed by atoms with Crippen molar-refractivity contribution in [3.05, 3.63) is 44.2 Å². The van der Waals surface area contributed by atoms with E-state index in [1.54, 1.807) is 6.07 Å². The molecule has 0 aliphatic rings. The number of nitro benzene ring substituents is 1. The van der Waals surface area contributed by atoms with Gasteiger partial charge in [0.15, 0.2) is 0 Å². The van der Waals surface area contributed by atoms with Crippen LogP contribution in [0, 0.1) is 21.4 Å². The first-order valence-corrected chi connectivity index (χ1v) is 6.59. The Morgan fingerprint density at radius 1 is 1.47 bits per heavy atom. The summed E-state index contributed by atoms with van der Waals surface area (Å²) in [5.74, 6) is 0. The molecular formula is C11H7N3O4S. The number of pyridine rings is 1. The van der Waals surface area contributed by atoms with Crippen LogP contribution in [-0.2, 0) is 10.8 Å². The monoisotopic (exact) mass is 277 g/mol. The molecule has 0 aliphatic heterocycles. The van der Waals surface area contributed by atoms with Crippen molar-refractivity contribution in [2.45, 2.75) is 4.90 Å². The second-order valence-corrected chi connectivity index (χ2v) is 5.07. The number of nitrogens with zero attached hydrogens (tertiary/aromatic N) is 2. The van der Waals surface area contributed by atoms with Gasteiger partial charge in [0.05, 0.1) is 31.5 Å². The second-order valence-electron chi connectivity index (χ2n) is 3.72.